The molecule has 0 saturated heterocycles. The third kappa shape index (κ3) is 16.5. The van der Waals surface area contributed by atoms with E-state index in [1.54, 1.807) is 58.9 Å². The van der Waals surface area contributed by atoms with Crippen molar-refractivity contribution in [2.45, 2.75) is 111 Å². The van der Waals surface area contributed by atoms with Gasteiger partial charge in [0.25, 0.3) is 11.8 Å². The van der Waals surface area contributed by atoms with Crippen molar-refractivity contribution in [1.29, 1.82) is 0 Å². The Morgan fingerprint density at radius 3 is 2.20 bits per heavy atom. The minimum absolute atomic E-state index is 0.0908. The SMILES string of the molecule is CCCCc1nc2c(NC(=O)OCc3ccc(NC(=O)[C@@H](CCCNC(N)=O)NC(=O)[C@H](NC(=O)CCN4C(=O)C=CC4=O)C(C)C)cc3)nc3ccccc3c2n1CCOCCNC(=O)OC(C)(C)C. The van der Waals surface area contributed by atoms with Gasteiger partial charge in [0.05, 0.1) is 24.2 Å². The molecule has 22 heteroatoms. The molecule has 22 nitrogen and oxygen atoms in total. The largest absolute Gasteiger partial charge is 0.444 e. The third-order valence-corrected chi connectivity index (χ3v) is 10.9. The monoisotopic (exact) mass is 983 g/mol. The highest BCUT2D eigenvalue weighted by Gasteiger charge is 2.30. The number of anilines is 2. The molecular formula is C49H65N11O11. The number of aromatic nitrogens is 3. The fourth-order valence-electron chi connectivity index (χ4n) is 7.42. The Bertz CT molecular complexity index is 2570. The van der Waals surface area contributed by atoms with Gasteiger partial charge in [-0.2, -0.15) is 0 Å². The number of rotatable bonds is 25. The Labute approximate surface area is 411 Å². The smallest absolute Gasteiger partial charge is 0.413 e. The minimum Gasteiger partial charge on any atom is -0.444 e. The average molecular weight is 984 g/mol. The molecule has 0 unspecified atom stereocenters. The van der Waals surface area contributed by atoms with Crippen LogP contribution in [0.25, 0.3) is 21.9 Å². The number of imidazole rings is 1. The number of primary amides is 1. The number of carbonyl (C=O) groups excluding carboxylic acids is 8. The van der Waals surface area contributed by atoms with Crippen LogP contribution in [0.2, 0.25) is 0 Å². The number of hydrogen-bond donors (Lipinski definition) is 7. The number of hydrogen-bond acceptors (Lipinski definition) is 13. The number of aryl methyl sites for hydroxylation is 1. The maximum atomic E-state index is 13.7. The van der Waals surface area contributed by atoms with Gasteiger partial charge >= 0.3 is 18.2 Å². The molecule has 1 aliphatic rings. The summed E-state index contributed by atoms with van der Waals surface area (Å²) >= 11 is 0. The zero-order valence-electron chi connectivity index (χ0n) is 41.1. The lowest BCUT2D eigenvalue weighted by atomic mass is 10.0. The zero-order chi connectivity index (χ0) is 51.7. The number of benzene rings is 2. The zero-order valence-corrected chi connectivity index (χ0v) is 41.1. The second-order valence-corrected chi connectivity index (χ2v) is 18.1. The lowest BCUT2D eigenvalue weighted by Gasteiger charge is -2.25. The van der Waals surface area contributed by atoms with Crippen LogP contribution in [0.3, 0.4) is 0 Å². The number of nitrogens with one attached hydrogen (secondary N) is 6. The van der Waals surface area contributed by atoms with Crippen molar-refractivity contribution < 1.29 is 52.6 Å². The molecule has 0 aliphatic carbocycles. The summed E-state index contributed by atoms with van der Waals surface area (Å²) in [6, 6.07) is 11.2. The lowest BCUT2D eigenvalue weighted by molar-refractivity contribution is -0.137. The minimum atomic E-state index is -1.11. The summed E-state index contributed by atoms with van der Waals surface area (Å²) in [4.78, 5) is 111. The number of nitrogens with zero attached hydrogens (tertiary/aromatic N) is 4. The van der Waals surface area contributed by atoms with E-state index in [1.807, 2.05) is 24.3 Å². The van der Waals surface area contributed by atoms with Crippen LogP contribution in [0, 0.1) is 5.92 Å². The Hall–Kier alpha value is -7.62. The Morgan fingerprint density at radius 2 is 1.52 bits per heavy atom. The summed E-state index contributed by atoms with van der Waals surface area (Å²) in [6.45, 7) is 12.0. The number of alkyl carbamates (subject to hydrolysis) is 1. The fourth-order valence-corrected chi connectivity index (χ4v) is 7.42. The number of pyridine rings is 1. The quantitative estimate of drug-likeness (QED) is 0.0355. The molecule has 9 amide bonds. The number of carbonyl (C=O) groups is 8. The second-order valence-electron chi connectivity index (χ2n) is 18.1. The number of unbranched alkanes of at least 4 members (excludes halogenated alkanes) is 1. The maximum absolute atomic E-state index is 13.7. The Kier molecular flexibility index (Phi) is 19.8. The molecule has 0 fully saturated rings. The predicted molar refractivity (Wildman–Crippen MR) is 264 cm³/mol. The first-order valence-electron chi connectivity index (χ1n) is 23.7. The summed E-state index contributed by atoms with van der Waals surface area (Å²) in [5, 5.41) is 16.9. The molecule has 2 atom stereocenters. The fraction of sp³-hybridized carbons (Fsp3) is 0.469. The second kappa shape index (κ2) is 25.8. The molecule has 382 valence electrons. The summed E-state index contributed by atoms with van der Waals surface area (Å²) < 4.78 is 18.9. The van der Waals surface area contributed by atoms with E-state index in [4.69, 9.17) is 29.9 Å². The van der Waals surface area contributed by atoms with Gasteiger partial charge in [0, 0.05) is 62.2 Å². The standard InChI is InChI=1S/C49H65N11O11/c1-7-8-15-36-56-41-42(59(36)26-28-69-27-24-52-47(67)71-49(4,5)6)33-12-9-10-13-34(33)54-43(41)58-48(68)70-29-31-16-18-32(19-17-31)53-44(64)35(14-11-23-51-46(50)66)55-45(65)40(30(2)3)57-37(61)22-25-60-38(62)20-21-39(60)63/h9-10,12-13,16-21,30,35,40H,7-8,11,14-15,22-29H2,1-6H3,(H,52,67)(H,53,64)(H,55,65)(H,57,61)(H3,50,51,66)(H,54,58,68)/t35-,40-/m1/s1. The number of imide groups is 1. The van der Waals surface area contributed by atoms with Gasteiger partial charge in [-0.3, -0.25) is 34.2 Å². The van der Waals surface area contributed by atoms with Gasteiger partial charge in [-0.25, -0.2) is 24.4 Å². The van der Waals surface area contributed by atoms with Gasteiger partial charge in [-0.05, 0) is 69.7 Å². The lowest BCUT2D eigenvalue weighted by Crippen LogP contribution is -2.54. The number of urea groups is 1. The molecule has 3 heterocycles. The number of para-hydroxylation sites is 1. The van der Waals surface area contributed by atoms with Crippen molar-refractivity contribution in [2.75, 3.05) is 43.5 Å². The number of amides is 9. The topological polar surface area (TPSA) is 296 Å². The molecule has 0 radical (unpaired) electrons. The number of nitrogens with two attached hydrogens (primary N) is 1. The van der Waals surface area contributed by atoms with Crippen LogP contribution in [0.4, 0.5) is 25.9 Å². The molecule has 0 spiro atoms. The molecule has 2 aromatic carbocycles. The van der Waals surface area contributed by atoms with E-state index in [9.17, 15) is 38.4 Å². The predicted octanol–water partition coefficient (Wildman–Crippen LogP) is 4.54. The first-order valence-corrected chi connectivity index (χ1v) is 23.7. The molecule has 2 aromatic heterocycles. The summed E-state index contributed by atoms with van der Waals surface area (Å²) in [5.74, 6) is -2.25. The first kappa shape index (κ1) is 54.3. The van der Waals surface area contributed by atoms with E-state index in [2.05, 4.69) is 43.4 Å². The van der Waals surface area contributed by atoms with Gasteiger partial charge in [0.1, 0.15) is 35.6 Å². The van der Waals surface area contributed by atoms with Crippen molar-refractivity contribution >= 4 is 81.2 Å². The number of fused-ring (bicyclic) bond motifs is 3. The van der Waals surface area contributed by atoms with Crippen LogP contribution in [-0.2, 0) is 57.8 Å². The maximum Gasteiger partial charge on any atom is 0.413 e. The average Bonchev–Trinajstić information content (AvgIpc) is 3.85. The molecule has 0 saturated carbocycles. The van der Waals surface area contributed by atoms with Crippen LogP contribution >= 0.6 is 0 Å². The van der Waals surface area contributed by atoms with E-state index in [0.717, 1.165) is 46.6 Å². The van der Waals surface area contributed by atoms with E-state index in [-0.39, 0.29) is 57.9 Å². The van der Waals surface area contributed by atoms with Crippen molar-refractivity contribution in [3.63, 3.8) is 0 Å². The van der Waals surface area contributed by atoms with Crippen LogP contribution in [0.1, 0.15) is 85.0 Å². The van der Waals surface area contributed by atoms with E-state index >= 15 is 0 Å². The summed E-state index contributed by atoms with van der Waals surface area (Å²) in [6.07, 6.45) is 3.55. The van der Waals surface area contributed by atoms with Crippen molar-refractivity contribution in [3.05, 3.63) is 72.1 Å². The molecule has 8 N–H and O–H groups in total. The highest BCUT2D eigenvalue weighted by molar-refractivity contribution is 6.13. The normalized spacial score (nSPS) is 13.3. The van der Waals surface area contributed by atoms with Gasteiger partial charge in [-0.1, -0.05) is 57.5 Å². The number of ether oxygens (including phenoxy) is 3. The van der Waals surface area contributed by atoms with E-state index in [1.165, 1.54) is 0 Å². The first-order chi connectivity index (χ1) is 33.8. The summed E-state index contributed by atoms with van der Waals surface area (Å²) in [7, 11) is 0. The molecule has 4 aromatic rings. The van der Waals surface area contributed by atoms with Crippen molar-refractivity contribution in [2.24, 2.45) is 11.7 Å². The highest BCUT2D eigenvalue weighted by Crippen LogP contribution is 2.31. The van der Waals surface area contributed by atoms with Crippen LogP contribution in [0.15, 0.2) is 60.7 Å². The van der Waals surface area contributed by atoms with Crippen LogP contribution in [0.5, 0.6) is 0 Å². The van der Waals surface area contributed by atoms with Crippen LogP contribution in [-0.4, -0.2) is 118 Å². The molecule has 1 aliphatic heterocycles. The molecule has 71 heavy (non-hydrogen) atoms. The molecule has 0 bridgehead atoms. The van der Waals surface area contributed by atoms with Gasteiger partial charge in [0.2, 0.25) is 17.7 Å². The molecule has 5 rings (SSSR count). The third-order valence-electron chi connectivity index (χ3n) is 10.9. The van der Waals surface area contributed by atoms with Crippen LogP contribution < -0.4 is 37.6 Å². The van der Waals surface area contributed by atoms with Crippen molar-refractivity contribution in [1.82, 2.24) is 40.7 Å². The Balaban J connectivity index is 1.21. The van der Waals surface area contributed by atoms with E-state index in [0.29, 0.717) is 41.9 Å². The van der Waals surface area contributed by atoms with Gasteiger partial charge < -0.3 is 51.1 Å². The highest BCUT2D eigenvalue weighted by atomic mass is 16.6. The van der Waals surface area contributed by atoms with Gasteiger partial charge in [0.15, 0.2) is 5.82 Å². The van der Waals surface area contributed by atoms with E-state index < -0.39 is 71.4 Å². The van der Waals surface area contributed by atoms with Crippen molar-refractivity contribution in [3.8, 4) is 0 Å². The van der Waals surface area contributed by atoms with Gasteiger partial charge in [-0.15, -0.1) is 0 Å². The summed E-state index contributed by atoms with van der Waals surface area (Å²) in [5.41, 5.74) is 7.45. The molecular weight excluding hydrogens is 919 g/mol. The Morgan fingerprint density at radius 1 is 0.803 bits per heavy atom.